The molecule has 6 nitrogen and oxygen atoms in total. The lowest BCUT2D eigenvalue weighted by molar-refractivity contribution is -0.143. The standard InChI is InChI=1S/C17H24Cl2N2O4/c1-13-12-14(2-3-15(13)20)21(8-10-24-16(22)4-6-18)9-11-25-17(23)5-7-19/h2-3,12H,4-11,20H2,1H3. The number of carbonyl (C=O) groups is 2. The van der Waals surface area contributed by atoms with Gasteiger partial charge in [-0.2, -0.15) is 0 Å². The predicted molar refractivity (Wildman–Crippen MR) is 100 cm³/mol. The molecule has 0 aliphatic heterocycles. The highest BCUT2D eigenvalue weighted by atomic mass is 35.5. The van der Waals surface area contributed by atoms with E-state index in [0.29, 0.717) is 18.8 Å². The molecular formula is C17H24Cl2N2O4. The maximum atomic E-state index is 11.4. The molecule has 140 valence electrons. The maximum Gasteiger partial charge on any atom is 0.307 e. The van der Waals surface area contributed by atoms with Crippen LogP contribution in [-0.2, 0) is 19.1 Å². The first kappa shape index (κ1) is 21.4. The van der Waals surface area contributed by atoms with Gasteiger partial charge in [-0.05, 0) is 30.7 Å². The molecule has 0 saturated heterocycles. The molecular weight excluding hydrogens is 367 g/mol. The maximum absolute atomic E-state index is 11.4. The van der Waals surface area contributed by atoms with E-state index in [2.05, 4.69) is 0 Å². The van der Waals surface area contributed by atoms with Crippen molar-refractivity contribution in [3.63, 3.8) is 0 Å². The highest BCUT2D eigenvalue weighted by Gasteiger charge is 2.11. The number of nitrogens with zero attached hydrogens (tertiary/aromatic N) is 1. The van der Waals surface area contributed by atoms with Gasteiger partial charge in [-0.25, -0.2) is 0 Å². The van der Waals surface area contributed by atoms with Gasteiger partial charge < -0.3 is 20.1 Å². The van der Waals surface area contributed by atoms with Crippen molar-refractivity contribution in [1.29, 1.82) is 0 Å². The molecule has 0 heterocycles. The summed E-state index contributed by atoms with van der Waals surface area (Å²) in [5.41, 5.74) is 8.41. The molecule has 0 fully saturated rings. The third kappa shape index (κ3) is 8.31. The molecule has 0 unspecified atom stereocenters. The molecule has 2 N–H and O–H groups in total. The van der Waals surface area contributed by atoms with Crippen LogP contribution in [-0.4, -0.2) is 50.0 Å². The molecule has 0 radical (unpaired) electrons. The molecule has 0 amide bonds. The van der Waals surface area contributed by atoms with Crippen molar-refractivity contribution in [1.82, 2.24) is 0 Å². The van der Waals surface area contributed by atoms with E-state index < -0.39 is 0 Å². The van der Waals surface area contributed by atoms with Gasteiger partial charge in [0.05, 0.1) is 25.9 Å². The van der Waals surface area contributed by atoms with Gasteiger partial charge in [0.25, 0.3) is 0 Å². The zero-order chi connectivity index (χ0) is 18.7. The number of alkyl halides is 2. The van der Waals surface area contributed by atoms with Gasteiger partial charge in [0.2, 0.25) is 0 Å². The third-order valence-corrected chi connectivity index (χ3v) is 3.84. The zero-order valence-corrected chi connectivity index (χ0v) is 15.8. The largest absolute Gasteiger partial charge is 0.464 e. The number of nitrogens with two attached hydrogens (primary N) is 1. The van der Waals surface area contributed by atoms with E-state index >= 15 is 0 Å². The van der Waals surface area contributed by atoms with Gasteiger partial charge in [-0.3, -0.25) is 9.59 Å². The fraction of sp³-hybridized carbons (Fsp3) is 0.529. The Bertz CT molecular complexity index is 546. The summed E-state index contributed by atoms with van der Waals surface area (Å²) in [6, 6.07) is 5.64. The first-order chi connectivity index (χ1) is 12.0. The average molecular weight is 391 g/mol. The van der Waals surface area contributed by atoms with Gasteiger partial charge in [-0.1, -0.05) is 0 Å². The molecule has 25 heavy (non-hydrogen) atoms. The Kier molecular flexibility index (Phi) is 10.1. The van der Waals surface area contributed by atoms with Crippen molar-refractivity contribution in [2.24, 2.45) is 0 Å². The van der Waals surface area contributed by atoms with Crippen LogP contribution >= 0.6 is 23.2 Å². The van der Waals surface area contributed by atoms with Crippen molar-refractivity contribution in [2.75, 3.05) is 48.7 Å². The van der Waals surface area contributed by atoms with Crippen LogP contribution in [0.5, 0.6) is 0 Å². The highest BCUT2D eigenvalue weighted by Crippen LogP contribution is 2.20. The number of halogens is 2. The van der Waals surface area contributed by atoms with E-state index in [0.717, 1.165) is 11.3 Å². The molecule has 0 atom stereocenters. The Balaban J connectivity index is 2.64. The van der Waals surface area contributed by atoms with E-state index in [1.807, 2.05) is 30.0 Å². The van der Waals surface area contributed by atoms with Crippen molar-refractivity contribution < 1.29 is 19.1 Å². The summed E-state index contributed by atoms with van der Waals surface area (Å²) in [5, 5.41) is 0. The van der Waals surface area contributed by atoms with E-state index in [-0.39, 0.29) is 49.8 Å². The average Bonchev–Trinajstić information content (AvgIpc) is 2.56. The summed E-state index contributed by atoms with van der Waals surface area (Å²) in [4.78, 5) is 24.8. The monoisotopic (exact) mass is 390 g/mol. The topological polar surface area (TPSA) is 81.9 Å². The van der Waals surface area contributed by atoms with Crippen LogP contribution in [0.2, 0.25) is 0 Å². The second-order valence-electron chi connectivity index (χ2n) is 5.35. The van der Waals surface area contributed by atoms with Crippen molar-refractivity contribution in [3.05, 3.63) is 23.8 Å². The number of ether oxygens (including phenoxy) is 2. The quantitative estimate of drug-likeness (QED) is 0.355. The lowest BCUT2D eigenvalue weighted by Crippen LogP contribution is -2.32. The van der Waals surface area contributed by atoms with E-state index in [4.69, 9.17) is 38.4 Å². The number of hydrogen-bond donors (Lipinski definition) is 1. The molecule has 0 aromatic heterocycles. The van der Waals surface area contributed by atoms with Gasteiger partial charge in [0.15, 0.2) is 0 Å². The van der Waals surface area contributed by atoms with E-state index in [9.17, 15) is 9.59 Å². The van der Waals surface area contributed by atoms with Crippen molar-refractivity contribution >= 4 is 46.5 Å². The van der Waals surface area contributed by atoms with Crippen LogP contribution in [0.4, 0.5) is 11.4 Å². The number of esters is 2. The van der Waals surface area contributed by atoms with Crippen LogP contribution < -0.4 is 10.6 Å². The molecule has 0 saturated carbocycles. The minimum Gasteiger partial charge on any atom is -0.464 e. The van der Waals surface area contributed by atoms with Crippen LogP contribution in [0.15, 0.2) is 18.2 Å². The number of nitrogen functional groups attached to an aromatic ring is 1. The molecule has 0 aliphatic carbocycles. The second-order valence-corrected chi connectivity index (χ2v) is 6.10. The summed E-state index contributed by atoms with van der Waals surface area (Å²) in [7, 11) is 0. The predicted octanol–water partition coefficient (Wildman–Crippen LogP) is 2.73. The van der Waals surface area contributed by atoms with Gasteiger partial charge in [-0.15, -0.1) is 23.2 Å². The number of hydrogen-bond acceptors (Lipinski definition) is 6. The Morgan fingerprint density at radius 2 is 1.56 bits per heavy atom. The molecule has 1 rings (SSSR count). The van der Waals surface area contributed by atoms with Crippen molar-refractivity contribution in [2.45, 2.75) is 19.8 Å². The Morgan fingerprint density at radius 3 is 2.00 bits per heavy atom. The Hall–Kier alpha value is -1.66. The molecule has 0 bridgehead atoms. The third-order valence-electron chi connectivity index (χ3n) is 3.46. The van der Waals surface area contributed by atoms with Crippen LogP contribution in [0.25, 0.3) is 0 Å². The van der Waals surface area contributed by atoms with Crippen LogP contribution in [0.1, 0.15) is 18.4 Å². The van der Waals surface area contributed by atoms with Gasteiger partial charge >= 0.3 is 11.9 Å². The summed E-state index contributed by atoms with van der Waals surface area (Å²) < 4.78 is 10.3. The molecule has 0 aliphatic rings. The molecule has 0 spiro atoms. The van der Waals surface area contributed by atoms with E-state index in [1.165, 1.54) is 0 Å². The van der Waals surface area contributed by atoms with Crippen molar-refractivity contribution in [3.8, 4) is 0 Å². The minimum atomic E-state index is -0.336. The van der Waals surface area contributed by atoms with Crippen LogP contribution in [0.3, 0.4) is 0 Å². The fourth-order valence-corrected chi connectivity index (χ4v) is 2.37. The van der Waals surface area contributed by atoms with Gasteiger partial charge in [0.1, 0.15) is 13.2 Å². The van der Waals surface area contributed by atoms with Gasteiger partial charge in [0, 0.05) is 23.1 Å². The zero-order valence-electron chi connectivity index (χ0n) is 14.3. The Labute approximate surface area is 158 Å². The SMILES string of the molecule is Cc1cc(N(CCOC(=O)CCCl)CCOC(=O)CCCl)ccc1N. The number of carbonyl (C=O) groups excluding carboxylic acids is 2. The molecule has 1 aromatic rings. The first-order valence-corrected chi connectivity index (χ1v) is 9.09. The summed E-state index contributed by atoms with van der Waals surface area (Å²) >= 11 is 11.0. The van der Waals surface area contributed by atoms with E-state index in [1.54, 1.807) is 0 Å². The lowest BCUT2D eigenvalue weighted by atomic mass is 10.1. The molecule has 8 heteroatoms. The number of anilines is 2. The first-order valence-electron chi connectivity index (χ1n) is 8.02. The second kappa shape index (κ2) is 11.8. The highest BCUT2D eigenvalue weighted by molar-refractivity contribution is 6.19. The smallest absolute Gasteiger partial charge is 0.307 e. The number of rotatable bonds is 11. The lowest BCUT2D eigenvalue weighted by Gasteiger charge is -2.25. The normalized spacial score (nSPS) is 10.4. The Morgan fingerprint density at radius 1 is 1.04 bits per heavy atom. The van der Waals surface area contributed by atoms with Crippen LogP contribution in [0, 0.1) is 6.92 Å². The minimum absolute atomic E-state index is 0.179. The number of aryl methyl sites for hydroxylation is 1. The fourth-order valence-electron chi connectivity index (χ4n) is 2.06. The summed E-state index contributed by atoms with van der Waals surface area (Å²) in [6.07, 6.45) is 0.358. The number of benzene rings is 1. The molecule has 1 aromatic carbocycles. The summed E-state index contributed by atoms with van der Waals surface area (Å²) in [5.74, 6) is -0.208. The summed E-state index contributed by atoms with van der Waals surface area (Å²) in [6.45, 7) is 3.27.